The van der Waals surface area contributed by atoms with Crippen LogP contribution in [-0.2, 0) is 0 Å². The van der Waals surface area contributed by atoms with Gasteiger partial charge in [0.05, 0.1) is 12.1 Å². The molecule has 2 aromatic rings. The third kappa shape index (κ3) is 5.61. The van der Waals surface area contributed by atoms with Crippen molar-refractivity contribution in [3.63, 3.8) is 0 Å². The molecule has 0 radical (unpaired) electrons. The standard InChI is InChI=1S/C20H30ClN7O/c1-13(2)22-18-24-19(23-14-6-7-17(29-5)16(21)12-14)26-20(25-18)28(4)15-8-10-27(3)11-9-15/h6-7,12-13,15H,8-11H2,1-5H3,(H2,22,23,24,25,26). The first-order chi connectivity index (χ1) is 13.9. The van der Waals surface area contributed by atoms with Crippen LogP contribution in [0.2, 0.25) is 5.02 Å². The third-order valence-corrected chi connectivity index (χ3v) is 5.30. The summed E-state index contributed by atoms with van der Waals surface area (Å²) in [4.78, 5) is 18.4. The monoisotopic (exact) mass is 419 g/mol. The average molecular weight is 420 g/mol. The molecule has 1 saturated heterocycles. The van der Waals surface area contributed by atoms with Crippen molar-refractivity contribution in [1.29, 1.82) is 0 Å². The quantitative estimate of drug-likeness (QED) is 0.704. The van der Waals surface area contributed by atoms with Crippen molar-refractivity contribution in [3.8, 4) is 5.75 Å². The second kappa shape index (κ2) is 9.45. The van der Waals surface area contributed by atoms with E-state index in [0.29, 0.717) is 34.7 Å². The van der Waals surface area contributed by atoms with Crippen LogP contribution in [0.15, 0.2) is 18.2 Å². The number of ether oxygens (including phenoxy) is 1. The van der Waals surface area contributed by atoms with Gasteiger partial charge in [-0.3, -0.25) is 0 Å². The van der Waals surface area contributed by atoms with Crippen LogP contribution >= 0.6 is 11.6 Å². The van der Waals surface area contributed by atoms with Crippen LogP contribution in [0.1, 0.15) is 26.7 Å². The minimum Gasteiger partial charge on any atom is -0.495 e. The van der Waals surface area contributed by atoms with Gasteiger partial charge in [0.1, 0.15) is 5.75 Å². The summed E-state index contributed by atoms with van der Waals surface area (Å²) in [5.41, 5.74) is 0.783. The normalized spacial score (nSPS) is 15.4. The molecule has 3 rings (SSSR count). The molecule has 0 aliphatic carbocycles. The molecule has 0 saturated carbocycles. The number of likely N-dealkylation sites (tertiary alicyclic amines) is 1. The molecule has 0 atom stereocenters. The molecule has 0 unspecified atom stereocenters. The lowest BCUT2D eigenvalue weighted by Crippen LogP contribution is -2.42. The number of hydrogen-bond acceptors (Lipinski definition) is 8. The first kappa shape index (κ1) is 21.4. The van der Waals surface area contributed by atoms with Gasteiger partial charge in [-0.05, 0) is 65.0 Å². The highest BCUT2D eigenvalue weighted by Crippen LogP contribution is 2.29. The average Bonchev–Trinajstić information content (AvgIpc) is 2.67. The molecule has 1 fully saturated rings. The topological polar surface area (TPSA) is 78.4 Å². The van der Waals surface area contributed by atoms with Crippen molar-refractivity contribution in [2.24, 2.45) is 0 Å². The first-order valence-electron chi connectivity index (χ1n) is 9.90. The van der Waals surface area contributed by atoms with E-state index in [1.54, 1.807) is 13.2 Å². The van der Waals surface area contributed by atoms with E-state index in [0.717, 1.165) is 31.6 Å². The molecule has 29 heavy (non-hydrogen) atoms. The Morgan fingerprint density at radius 1 is 1.17 bits per heavy atom. The van der Waals surface area contributed by atoms with E-state index in [1.165, 1.54) is 0 Å². The Balaban J connectivity index is 1.86. The van der Waals surface area contributed by atoms with Crippen LogP contribution in [0.4, 0.5) is 23.5 Å². The summed E-state index contributed by atoms with van der Waals surface area (Å²) in [6, 6.07) is 6.10. The molecule has 1 aromatic heterocycles. The molecule has 9 heteroatoms. The van der Waals surface area contributed by atoms with Gasteiger partial charge in [-0.25, -0.2) is 0 Å². The van der Waals surface area contributed by atoms with E-state index in [9.17, 15) is 0 Å². The number of hydrogen-bond donors (Lipinski definition) is 2. The Morgan fingerprint density at radius 3 is 2.48 bits per heavy atom. The number of anilines is 4. The molecule has 158 valence electrons. The number of halogens is 1. The molecular weight excluding hydrogens is 390 g/mol. The zero-order valence-electron chi connectivity index (χ0n) is 17.7. The Hall–Kier alpha value is -2.32. The van der Waals surface area contributed by atoms with E-state index in [-0.39, 0.29) is 6.04 Å². The second-order valence-electron chi connectivity index (χ2n) is 7.70. The molecule has 2 N–H and O–H groups in total. The Morgan fingerprint density at radius 2 is 1.86 bits per heavy atom. The highest BCUT2D eigenvalue weighted by atomic mass is 35.5. The molecule has 0 bridgehead atoms. The lowest BCUT2D eigenvalue weighted by atomic mass is 10.0. The third-order valence-electron chi connectivity index (χ3n) is 5.00. The van der Waals surface area contributed by atoms with Gasteiger partial charge in [-0.2, -0.15) is 15.0 Å². The molecule has 1 aromatic carbocycles. The number of nitrogens with zero attached hydrogens (tertiary/aromatic N) is 5. The molecule has 0 spiro atoms. The minimum absolute atomic E-state index is 0.210. The summed E-state index contributed by atoms with van der Waals surface area (Å²) < 4.78 is 5.22. The van der Waals surface area contributed by atoms with Crippen LogP contribution in [-0.4, -0.2) is 66.2 Å². The molecule has 8 nitrogen and oxygen atoms in total. The zero-order chi connectivity index (χ0) is 21.0. The maximum atomic E-state index is 6.25. The fourth-order valence-corrected chi connectivity index (χ4v) is 3.58. The van der Waals surface area contributed by atoms with Gasteiger partial charge in [0, 0.05) is 24.8 Å². The molecular formula is C20H30ClN7O. The van der Waals surface area contributed by atoms with Crippen LogP contribution in [0, 0.1) is 0 Å². The summed E-state index contributed by atoms with van der Waals surface area (Å²) in [6.07, 6.45) is 2.17. The number of methoxy groups -OCH3 is 1. The maximum Gasteiger partial charge on any atom is 0.233 e. The lowest BCUT2D eigenvalue weighted by molar-refractivity contribution is 0.252. The van der Waals surface area contributed by atoms with E-state index in [4.69, 9.17) is 16.3 Å². The van der Waals surface area contributed by atoms with Crippen molar-refractivity contribution >= 4 is 35.1 Å². The number of benzene rings is 1. The van der Waals surface area contributed by atoms with Crippen LogP contribution in [0.25, 0.3) is 0 Å². The Bertz CT molecular complexity index is 824. The highest BCUT2D eigenvalue weighted by molar-refractivity contribution is 6.32. The van der Waals surface area contributed by atoms with Gasteiger partial charge in [0.2, 0.25) is 17.8 Å². The molecule has 0 amide bonds. The second-order valence-corrected chi connectivity index (χ2v) is 8.11. The van der Waals surface area contributed by atoms with Crippen molar-refractivity contribution in [3.05, 3.63) is 23.2 Å². The number of aromatic nitrogens is 3. The number of rotatable bonds is 7. The Labute approximate surface area is 177 Å². The van der Waals surface area contributed by atoms with Crippen molar-refractivity contribution < 1.29 is 4.74 Å². The van der Waals surface area contributed by atoms with Gasteiger partial charge in [0.25, 0.3) is 0 Å². The van der Waals surface area contributed by atoms with Gasteiger partial charge >= 0.3 is 0 Å². The predicted octanol–water partition coefficient (Wildman–Crippen LogP) is 3.63. The van der Waals surface area contributed by atoms with Crippen LogP contribution < -0.4 is 20.3 Å². The molecule has 1 aliphatic rings. The molecule has 1 aliphatic heterocycles. The molecule has 2 heterocycles. The lowest BCUT2D eigenvalue weighted by Gasteiger charge is -2.35. The maximum absolute atomic E-state index is 6.25. The number of nitrogens with one attached hydrogen (secondary N) is 2. The fourth-order valence-electron chi connectivity index (χ4n) is 3.32. The Kier molecular flexibility index (Phi) is 6.97. The summed E-state index contributed by atoms with van der Waals surface area (Å²) in [5, 5.41) is 7.04. The zero-order valence-corrected chi connectivity index (χ0v) is 18.5. The van der Waals surface area contributed by atoms with E-state index in [2.05, 4.69) is 63.3 Å². The summed E-state index contributed by atoms with van der Waals surface area (Å²) >= 11 is 6.25. The van der Waals surface area contributed by atoms with Gasteiger partial charge < -0.3 is 25.2 Å². The predicted molar refractivity (Wildman–Crippen MR) is 119 cm³/mol. The van der Waals surface area contributed by atoms with E-state index in [1.807, 2.05) is 12.1 Å². The van der Waals surface area contributed by atoms with E-state index >= 15 is 0 Å². The van der Waals surface area contributed by atoms with E-state index < -0.39 is 0 Å². The number of piperidine rings is 1. The van der Waals surface area contributed by atoms with Crippen molar-refractivity contribution in [2.75, 3.05) is 49.8 Å². The van der Waals surface area contributed by atoms with Gasteiger partial charge in [0.15, 0.2) is 0 Å². The summed E-state index contributed by atoms with van der Waals surface area (Å²) in [7, 11) is 5.81. The fraction of sp³-hybridized carbons (Fsp3) is 0.550. The first-order valence-corrected chi connectivity index (χ1v) is 10.3. The summed E-state index contributed by atoms with van der Waals surface area (Å²) in [6.45, 7) is 6.26. The van der Waals surface area contributed by atoms with Gasteiger partial charge in [-0.1, -0.05) is 11.6 Å². The minimum atomic E-state index is 0.210. The van der Waals surface area contributed by atoms with Crippen molar-refractivity contribution in [1.82, 2.24) is 19.9 Å². The van der Waals surface area contributed by atoms with Gasteiger partial charge in [-0.15, -0.1) is 0 Å². The van der Waals surface area contributed by atoms with Crippen LogP contribution in [0.5, 0.6) is 5.75 Å². The SMILES string of the molecule is COc1ccc(Nc2nc(NC(C)C)nc(N(C)C3CCN(C)CC3)n2)cc1Cl. The van der Waals surface area contributed by atoms with Crippen LogP contribution in [0.3, 0.4) is 0 Å². The summed E-state index contributed by atoms with van der Waals surface area (Å²) in [5.74, 6) is 2.29. The smallest absolute Gasteiger partial charge is 0.233 e. The highest BCUT2D eigenvalue weighted by Gasteiger charge is 2.23. The van der Waals surface area contributed by atoms with Crippen molar-refractivity contribution in [2.45, 2.75) is 38.8 Å². The largest absolute Gasteiger partial charge is 0.495 e.